The highest BCUT2D eigenvalue weighted by molar-refractivity contribution is 9.10. The number of aromatic nitrogens is 1. The van der Waals surface area contributed by atoms with Gasteiger partial charge in [0.25, 0.3) is 0 Å². The fraction of sp³-hybridized carbons (Fsp3) is 0.250. The normalized spacial score (nSPS) is 10.4. The van der Waals surface area contributed by atoms with E-state index in [0.717, 1.165) is 10.0 Å². The number of hydrogen-bond donors (Lipinski definition) is 1. The first-order chi connectivity index (χ1) is 10.4. The van der Waals surface area contributed by atoms with E-state index >= 15 is 0 Å². The van der Waals surface area contributed by atoms with Gasteiger partial charge in [-0.05, 0) is 37.1 Å². The predicted octanol–water partition coefficient (Wildman–Crippen LogP) is 3.54. The molecule has 22 heavy (non-hydrogen) atoms. The first kappa shape index (κ1) is 16.3. The number of nitrogens with one attached hydrogen (secondary N) is 1. The zero-order chi connectivity index (χ0) is 16.3. The van der Waals surface area contributed by atoms with E-state index < -0.39 is 11.9 Å². The second kappa shape index (κ2) is 6.79. The molecule has 0 aliphatic carbocycles. The molecule has 0 saturated carbocycles. The van der Waals surface area contributed by atoms with Crippen LogP contribution in [0.3, 0.4) is 0 Å². The molecular weight excluding hydrogens is 350 g/mol. The van der Waals surface area contributed by atoms with Crippen LogP contribution in [-0.2, 0) is 16.1 Å². The van der Waals surface area contributed by atoms with E-state index in [0.29, 0.717) is 16.8 Å². The van der Waals surface area contributed by atoms with Gasteiger partial charge in [0.05, 0.1) is 12.7 Å². The maximum Gasteiger partial charge on any atom is 0.355 e. The summed E-state index contributed by atoms with van der Waals surface area (Å²) >= 11 is 3.35. The summed E-state index contributed by atoms with van der Waals surface area (Å²) in [6.45, 7) is 3.56. The number of methoxy groups -OCH3 is 1. The highest BCUT2D eigenvalue weighted by Gasteiger charge is 2.23. The lowest BCUT2D eigenvalue weighted by molar-refractivity contribution is 0.0465. The fourth-order valence-electron chi connectivity index (χ4n) is 2.16. The summed E-state index contributed by atoms with van der Waals surface area (Å²) in [5.41, 5.74) is 2.64. The Hall–Kier alpha value is -2.08. The minimum atomic E-state index is -0.501. The molecular formula is C16H16BrNO4. The van der Waals surface area contributed by atoms with Gasteiger partial charge in [-0.25, -0.2) is 9.59 Å². The third kappa shape index (κ3) is 3.39. The molecule has 6 heteroatoms. The van der Waals surface area contributed by atoms with Gasteiger partial charge in [0.1, 0.15) is 12.3 Å². The van der Waals surface area contributed by atoms with Crippen LogP contribution in [0.5, 0.6) is 0 Å². The molecule has 1 aromatic heterocycles. The largest absolute Gasteiger partial charge is 0.465 e. The number of esters is 2. The standard InChI is InChI=1S/C16H16BrNO4/c1-9-13(15(19)21-3)10(2)18-14(9)16(20)22-8-11-4-6-12(17)7-5-11/h4-7,18H,8H2,1-3H3. The van der Waals surface area contributed by atoms with E-state index in [2.05, 4.69) is 20.9 Å². The number of rotatable bonds is 4. The number of benzene rings is 1. The van der Waals surface area contributed by atoms with Crippen molar-refractivity contribution in [3.63, 3.8) is 0 Å². The fourth-order valence-corrected chi connectivity index (χ4v) is 2.43. The molecule has 0 amide bonds. The number of hydrogen-bond acceptors (Lipinski definition) is 4. The number of aryl methyl sites for hydroxylation is 1. The predicted molar refractivity (Wildman–Crippen MR) is 84.9 cm³/mol. The van der Waals surface area contributed by atoms with Crippen LogP contribution >= 0.6 is 15.9 Å². The molecule has 0 radical (unpaired) electrons. The summed E-state index contributed by atoms with van der Waals surface area (Å²) in [7, 11) is 1.31. The minimum absolute atomic E-state index is 0.164. The topological polar surface area (TPSA) is 68.4 Å². The van der Waals surface area contributed by atoms with E-state index in [-0.39, 0.29) is 12.3 Å². The van der Waals surface area contributed by atoms with Crippen LogP contribution in [0, 0.1) is 13.8 Å². The maximum atomic E-state index is 12.2. The Balaban J connectivity index is 2.13. The third-order valence-electron chi connectivity index (χ3n) is 3.31. The maximum absolute atomic E-state index is 12.2. The van der Waals surface area contributed by atoms with Crippen molar-refractivity contribution in [3.05, 3.63) is 56.8 Å². The van der Waals surface area contributed by atoms with Gasteiger partial charge in [-0.1, -0.05) is 28.1 Å². The molecule has 0 aliphatic heterocycles. The van der Waals surface area contributed by atoms with Gasteiger partial charge >= 0.3 is 11.9 Å². The highest BCUT2D eigenvalue weighted by atomic mass is 79.9. The minimum Gasteiger partial charge on any atom is -0.465 e. The SMILES string of the molecule is COC(=O)c1c(C)[nH]c(C(=O)OCc2ccc(Br)cc2)c1C. The summed E-state index contributed by atoms with van der Waals surface area (Å²) in [6.07, 6.45) is 0. The van der Waals surface area contributed by atoms with Gasteiger partial charge in [0.15, 0.2) is 0 Å². The number of ether oxygens (including phenoxy) is 2. The molecule has 0 fully saturated rings. The van der Waals surface area contributed by atoms with Gasteiger partial charge in [0, 0.05) is 10.2 Å². The van der Waals surface area contributed by atoms with Gasteiger partial charge < -0.3 is 14.5 Å². The molecule has 1 aromatic carbocycles. The molecule has 0 unspecified atom stereocenters. The smallest absolute Gasteiger partial charge is 0.355 e. The van der Waals surface area contributed by atoms with Crippen molar-refractivity contribution in [1.29, 1.82) is 0 Å². The van der Waals surface area contributed by atoms with Crippen LogP contribution in [0.2, 0.25) is 0 Å². The van der Waals surface area contributed by atoms with E-state index in [9.17, 15) is 9.59 Å². The van der Waals surface area contributed by atoms with Crippen LogP contribution in [0.25, 0.3) is 0 Å². The van der Waals surface area contributed by atoms with Crippen LogP contribution in [0.4, 0.5) is 0 Å². The molecule has 0 atom stereocenters. The lowest BCUT2D eigenvalue weighted by atomic mass is 10.1. The van der Waals surface area contributed by atoms with Crippen LogP contribution in [0.15, 0.2) is 28.7 Å². The molecule has 0 saturated heterocycles. The number of carbonyl (C=O) groups excluding carboxylic acids is 2. The van der Waals surface area contributed by atoms with E-state index in [1.807, 2.05) is 24.3 Å². The van der Waals surface area contributed by atoms with Crippen molar-refractivity contribution >= 4 is 27.9 Å². The van der Waals surface area contributed by atoms with Crippen LogP contribution in [-0.4, -0.2) is 24.0 Å². The number of aromatic amines is 1. The van der Waals surface area contributed by atoms with Crippen molar-refractivity contribution in [2.75, 3.05) is 7.11 Å². The lowest BCUT2D eigenvalue weighted by Gasteiger charge is -2.05. The van der Waals surface area contributed by atoms with Gasteiger partial charge in [-0.3, -0.25) is 0 Å². The third-order valence-corrected chi connectivity index (χ3v) is 3.84. The van der Waals surface area contributed by atoms with E-state index in [1.165, 1.54) is 7.11 Å². The summed E-state index contributed by atoms with van der Waals surface area (Å²) < 4.78 is 11.0. The van der Waals surface area contributed by atoms with Crippen LogP contribution in [0.1, 0.15) is 37.7 Å². The average Bonchev–Trinajstić information content (AvgIpc) is 2.80. The Morgan fingerprint density at radius 3 is 2.36 bits per heavy atom. The molecule has 0 spiro atoms. The zero-order valence-electron chi connectivity index (χ0n) is 12.5. The van der Waals surface area contributed by atoms with Crippen molar-refractivity contribution < 1.29 is 19.1 Å². The first-order valence-corrected chi connectivity index (χ1v) is 7.42. The van der Waals surface area contributed by atoms with Crippen molar-refractivity contribution in [1.82, 2.24) is 4.98 Å². The van der Waals surface area contributed by atoms with Gasteiger partial charge in [0.2, 0.25) is 0 Å². The Morgan fingerprint density at radius 2 is 1.77 bits per heavy atom. The molecule has 5 nitrogen and oxygen atoms in total. The van der Waals surface area contributed by atoms with E-state index in [1.54, 1.807) is 13.8 Å². The highest BCUT2D eigenvalue weighted by Crippen LogP contribution is 2.20. The van der Waals surface area contributed by atoms with Gasteiger partial charge in [-0.15, -0.1) is 0 Å². The molecule has 0 bridgehead atoms. The summed E-state index contributed by atoms with van der Waals surface area (Å²) in [4.78, 5) is 26.8. The molecule has 0 aliphatic rings. The first-order valence-electron chi connectivity index (χ1n) is 6.63. The van der Waals surface area contributed by atoms with Crippen molar-refractivity contribution in [2.45, 2.75) is 20.5 Å². The summed E-state index contributed by atoms with van der Waals surface area (Å²) in [5.74, 6) is -0.975. The summed E-state index contributed by atoms with van der Waals surface area (Å²) in [6, 6.07) is 7.49. The van der Waals surface area contributed by atoms with Crippen LogP contribution < -0.4 is 0 Å². The summed E-state index contributed by atoms with van der Waals surface area (Å²) in [5, 5.41) is 0. The Labute approximate surface area is 136 Å². The molecule has 1 N–H and O–H groups in total. The molecule has 2 aromatic rings. The number of carbonyl (C=O) groups is 2. The molecule has 116 valence electrons. The quantitative estimate of drug-likeness (QED) is 0.841. The lowest BCUT2D eigenvalue weighted by Crippen LogP contribution is -2.08. The molecule has 2 rings (SSSR count). The number of halogens is 1. The van der Waals surface area contributed by atoms with Crippen molar-refractivity contribution in [2.24, 2.45) is 0 Å². The second-order valence-electron chi connectivity index (χ2n) is 4.82. The second-order valence-corrected chi connectivity index (χ2v) is 5.73. The Bertz CT molecular complexity index is 704. The Kier molecular flexibility index (Phi) is 5.03. The Morgan fingerprint density at radius 1 is 1.14 bits per heavy atom. The van der Waals surface area contributed by atoms with Gasteiger partial charge in [-0.2, -0.15) is 0 Å². The molecule has 1 heterocycles. The monoisotopic (exact) mass is 365 g/mol. The van der Waals surface area contributed by atoms with E-state index in [4.69, 9.17) is 9.47 Å². The number of H-pyrrole nitrogens is 1. The van der Waals surface area contributed by atoms with Crippen molar-refractivity contribution in [3.8, 4) is 0 Å². The average molecular weight is 366 g/mol. The zero-order valence-corrected chi connectivity index (χ0v) is 14.1.